The van der Waals surface area contributed by atoms with E-state index in [-0.39, 0.29) is 11.6 Å². The number of rotatable bonds is 6. The highest BCUT2D eigenvalue weighted by atomic mass is 32.1. The molecule has 0 bridgehead atoms. The van der Waals surface area contributed by atoms with E-state index in [1.165, 1.54) is 23.5 Å². The summed E-state index contributed by atoms with van der Waals surface area (Å²) in [5.74, 6) is -0.0671. The molecule has 31 heavy (non-hydrogen) atoms. The normalized spacial score (nSPS) is 11.4. The molecular formula is C21H14N6O3S. The number of thiazole rings is 1. The Labute approximate surface area is 179 Å². The number of aromatic nitrogens is 3. The highest BCUT2D eigenvalue weighted by Crippen LogP contribution is 2.28. The van der Waals surface area contributed by atoms with Crippen LogP contribution in [0.25, 0.3) is 27.4 Å². The average Bonchev–Trinajstić information content (AvgIpc) is 3.52. The van der Waals surface area contributed by atoms with Crippen LogP contribution in [0.4, 0.5) is 11.0 Å². The smallest absolute Gasteiger partial charge is 0.399 e. The second-order valence-corrected chi connectivity index (χ2v) is 7.50. The number of benzene rings is 2. The quantitative estimate of drug-likeness (QED) is 0.228. The van der Waals surface area contributed by atoms with E-state index in [4.69, 9.17) is 4.42 Å². The lowest BCUT2D eigenvalue weighted by Gasteiger charge is -1.98. The minimum atomic E-state index is -0.583. The fraction of sp³-hybridized carbons (Fsp3) is 0. The van der Waals surface area contributed by atoms with Crippen LogP contribution >= 0.6 is 11.3 Å². The van der Waals surface area contributed by atoms with Gasteiger partial charge in [-0.2, -0.15) is 10.2 Å². The second kappa shape index (κ2) is 7.84. The Balaban J connectivity index is 1.48. The monoisotopic (exact) mass is 430 g/mol. The van der Waals surface area contributed by atoms with Crippen molar-refractivity contribution in [2.24, 2.45) is 5.10 Å². The molecule has 2 aromatic carbocycles. The molecule has 9 nitrogen and oxygen atoms in total. The van der Waals surface area contributed by atoms with Gasteiger partial charge in [-0.15, -0.1) is 0 Å². The standard InChI is InChI=1S/C21H14N6O3S/c28-27(29)19-11-10-17(30-19)20-14(13-26(25-20)15-6-2-1-3-7-15)12-22-24-21-23-16-8-4-5-9-18(16)31-21/h1-13H,(H,23,24)/b22-12+. The minimum Gasteiger partial charge on any atom is -0.399 e. The molecule has 3 heterocycles. The van der Waals surface area contributed by atoms with Crippen LogP contribution in [0.5, 0.6) is 0 Å². The molecule has 1 N–H and O–H groups in total. The van der Waals surface area contributed by atoms with Gasteiger partial charge in [0.2, 0.25) is 5.13 Å². The number of para-hydroxylation sites is 2. The Bertz CT molecular complexity index is 1370. The van der Waals surface area contributed by atoms with Crippen molar-refractivity contribution in [3.8, 4) is 17.1 Å². The average molecular weight is 430 g/mol. The van der Waals surface area contributed by atoms with E-state index in [1.807, 2.05) is 54.6 Å². The third-order valence-corrected chi connectivity index (χ3v) is 5.37. The zero-order chi connectivity index (χ0) is 21.2. The summed E-state index contributed by atoms with van der Waals surface area (Å²) < 4.78 is 8.08. The zero-order valence-electron chi connectivity index (χ0n) is 15.9. The molecule has 10 heteroatoms. The molecule has 0 aliphatic heterocycles. The van der Waals surface area contributed by atoms with Crippen molar-refractivity contribution < 1.29 is 9.34 Å². The van der Waals surface area contributed by atoms with Crippen molar-refractivity contribution in [3.63, 3.8) is 0 Å². The molecule has 0 aliphatic rings. The fourth-order valence-electron chi connectivity index (χ4n) is 3.02. The van der Waals surface area contributed by atoms with Crippen LogP contribution < -0.4 is 5.43 Å². The number of hydrazone groups is 1. The van der Waals surface area contributed by atoms with E-state index in [2.05, 4.69) is 20.6 Å². The molecule has 0 unspecified atom stereocenters. The Morgan fingerprint density at radius 2 is 1.90 bits per heavy atom. The maximum Gasteiger partial charge on any atom is 0.433 e. The highest BCUT2D eigenvalue weighted by molar-refractivity contribution is 7.22. The lowest BCUT2D eigenvalue weighted by atomic mass is 10.2. The molecule has 3 aromatic heterocycles. The van der Waals surface area contributed by atoms with Gasteiger partial charge in [-0.3, -0.25) is 15.5 Å². The topological polar surface area (TPSA) is 111 Å². The molecule has 5 aromatic rings. The number of anilines is 1. The van der Waals surface area contributed by atoms with Crippen molar-refractivity contribution in [2.45, 2.75) is 0 Å². The maximum absolute atomic E-state index is 11.0. The SMILES string of the molecule is O=[N+]([O-])c1ccc(-c2nn(-c3ccccc3)cc2/C=N/Nc2nc3ccccc3s2)o1. The van der Waals surface area contributed by atoms with Crippen molar-refractivity contribution in [3.05, 3.63) is 88.6 Å². The predicted octanol–water partition coefficient (Wildman–Crippen LogP) is 5.10. The molecule has 152 valence electrons. The van der Waals surface area contributed by atoms with Gasteiger partial charge < -0.3 is 4.42 Å². The fourth-order valence-corrected chi connectivity index (χ4v) is 3.83. The molecule has 0 fully saturated rings. The van der Waals surface area contributed by atoms with Gasteiger partial charge in [-0.05, 0) is 30.3 Å². The van der Waals surface area contributed by atoms with E-state index in [1.54, 1.807) is 17.1 Å². The lowest BCUT2D eigenvalue weighted by Crippen LogP contribution is -1.93. The Morgan fingerprint density at radius 1 is 1.10 bits per heavy atom. The number of nitrogens with one attached hydrogen (secondary N) is 1. The number of furan rings is 1. The first-order chi connectivity index (χ1) is 15.2. The van der Waals surface area contributed by atoms with E-state index in [0.717, 1.165) is 15.9 Å². The van der Waals surface area contributed by atoms with Gasteiger partial charge in [-0.25, -0.2) is 9.67 Å². The van der Waals surface area contributed by atoms with Crippen LogP contribution in [0.2, 0.25) is 0 Å². The van der Waals surface area contributed by atoms with Gasteiger partial charge >= 0.3 is 5.88 Å². The van der Waals surface area contributed by atoms with E-state index < -0.39 is 4.92 Å². The molecule has 0 radical (unpaired) electrons. The number of fused-ring (bicyclic) bond motifs is 1. The summed E-state index contributed by atoms with van der Waals surface area (Å²) >= 11 is 1.49. The van der Waals surface area contributed by atoms with Crippen molar-refractivity contribution in [2.75, 3.05) is 5.43 Å². The highest BCUT2D eigenvalue weighted by Gasteiger charge is 2.19. The van der Waals surface area contributed by atoms with Crippen molar-refractivity contribution >= 4 is 38.8 Å². The van der Waals surface area contributed by atoms with E-state index in [0.29, 0.717) is 16.4 Å². The maximum atomic E-state index is 11.0. The van der Waals surface area contributed by atoms with Crippen molar-refractivity contribution in [1.29, 1.82) is 0 Å². The first-order valence-corrected chi connectivity index (χ1v) is 10.0. The molecule has 0 saturated carbocycles. The minimum absolute atomic E-state index is 0.280. The van der Waals surface area contributed by atoms with Gasteiger partial charge in [0.25, 0.3) is 0 Å². The Morgan fingerprint density at radius 3 is 2.68 bits per heavy atom. The van der Waals surface area contributed by atoms with Gasteiger partial charge in [0.15, 0.2) is 5.76 Å². The van der Waals surface area contributed by atoms with Crippen LogP contribution in [0, 0.1) is 10.1 Å². The van der Waals surface area contributed by atoms with Gasteiger partial charge in [0.1, 0.15) is 10.6 Å². The van der Waals surface area contributed by atoms with Gasteiger partial charge in [0, 0.05) is 11.8 Å². The Hall–Kier alpha value is -4.31. The number of hydrogen-bond donors (Lipinski definition) is 1. The number of hydrogen-bond acceptors (Lipinski definition) is 8. The van der Waals surface area contributed by atoms with Crippen LogP contribution in [-0.2, 0) is 0 Å². The summed E-state index contributed by atoms with van der Waals surface area (Å²) in [6.45, 7) is 0. The van der Waals surface area contributed by atoms with Crippen LogP contribution in [0.15, 0.2) is 82.4 Å². The summed E-state index contributed by atoms with van der Waals surface area (Å²) in [7, 11) is 0. The Kier molecular flexibility index (Phi) is 4.73. The van der Waals surface area contributed by atoms with E-state index in [9.17, 15) is 10.1 Å². The molecule has 0 aliphatic carbocycles. The molecule has 0 amide bonds. The van der Waals surface area contributed by atoms with Crippen LogP contribution in [0.3, 0.4) is 0 Å². The summed E-state index contributed by atoms with van der Waals surface area (Å²) in [5.41, 5.74) is 5.73. The first-order valence-electron chi connectivity index (χ1n) is 9.22. The predicted molar refractivity (Wildman–Crippen MR) is 119 cm³/mol. The van der Waals surface area contributed by atoms with Gasteiger partial charge in [0.05, 0.1) is 28.2 Å². The zero-order valence-corrected chi connectivity index (χ0v) is 16.7. The van der Waals surface area contributed by atoms with Crippen molar-refractivity contribution in [1.82, 2.24) is 14.8 Å². The van der Waals surface area contributed by atoms with Crippen LogP contribution in [0.1, 0.15) is 5.56 Å². The molecule has 0 saturated heterocycles. The summed E-state index contributed by atoms with van der Waals surface area (Å²) in [4.78, 5) is 14.9. The summed E-state index contributed by atoms with van der Waals surface area (Å²) in [6, 6.07) is 20.2. The largest absolute Gasteiger partial charge is 0.433 e. The lowest BCUT2D eigenvalue weighted by molar-refractivity contribution is -0.401. The third kappa shape index (κ3) is 3.79. The first kappa shape index (κ1) is 18.7. The molecule has 5 rings (SSSR count). The molecule has 0 atom stereocenters. The summed E-state index contributed by atoms with van der Waals surface area (Å²) in [5, 5.41) is 20.5. The number of nitro groups is 1. The second-order valence-electron chi connectivity index (χ2n) is 6.46. The third-order valence-electron chi connectivity index (χ3n) is 4.43. The van der Waals surface area contributed by atoms with Gasteiger partial charge in [-0.1, -0.05) is 41.7 Å². The number of nitrogens with zero attached hydrogens (tertiary/aromatic N) is 5. The van der Waals surface area contributed by atoms with Crippen LogP contribution in [-0.4, -0.2) is 25.9 Å². The summed E-state index contributed by atoms with van der Waals surface area (Å²) in [6.07, 6.45) is 3.37. The molecule has 0 spiro atoms. The molecular weight excluding hydrogens is 416 g/mol. The van der Waals surface area contributed by atoms with E-state index >= 15 is 0 Å².